The molecule has 1 N–H and O–H groups in total. The fraction of sp³-hybridized carbons (Fsp3) is 1.00. The van der Waals surface area contributed by atoms with Crippen molar-refractivity contribution in [2.75, 3.05) is 13.2 Å². The zero-order chi connectivity index (χ0) is 22.9. The fourth-order valence-electron chi connectivity index (χ4n) is 3.93. The van der Waals surface area contributed by atoms with E-state index in [4.69, 9.17) is 9.05 Å². The average Bonchev–Trinajstić information content (AvgIpc) is 2.75. The Morgan fingerprint density at radius 3 is 0.968 bits per heavy atom. The lowest BCUT2D eigenvalue weighted by Gasteiger charge is -2.12. The van der Waals surface area contributed by atoms with Crippen LogP contribution in [0.2, 0.25) is 0 Å². The molecule has 0 rings (SSSR count). The van der Waals surface area contributed by atoms with Crippen molar-refractivity contribution in [1.82, 2.24) is 0 Å². The van der Waals surface area contributed by atoms with Gasteiger partial charge in [0.2, 0.25) is 0 Å². The first-order valence-corrected chi connectivity index (χ1v) is 15.2. The SMILES string of the molecule is CCCCCCCCCCCCCCCCCCCCOP(=O)(O)OCCCCCC. The summed E-state index contributed by atoms with van der Waals surface area (Å²) in [6.45, 7) is 5.05. The van der Waals surface area contributed by atoms with Gasteiger partial charge in [0.25, 0.3) is 0 Å². The Labute approximate surface area is 194 Å². The highest BCUT2D eigenvalue weighted by Crippen LogP contribution is 2.43. The van der Waals surface area contributed by atoms with Crippen LogP contribution in [0.25, 0.3) is 0 Å². The molecule has 0 saturated carbocycles. The third-order valence-corrected chi connectivity index (χ3v) is 7.02. The molecule has 188 valence electrons. The van der Waals surface area contributed by atoms with E-state index in [1.54, 1.807) is 0 Å². The van der Waals surface area contributed by atoms with Crippen molar-refractivity contribution in [2.45, 2.75) is 155 Å². The molecule has 0 amide bonds. The van der Waals surface area contributed by atoms with Crippen LogP contribution < -0.4 is 0 Å². The smallest absolute Gasteiger partial charge is 0.302 e. The molecule has 31 heavy (non-hydrogen) atoms. The summed E-state index contributed by atoms with van der Waals surface area (Å²) < 4.78 is 21.8. The van der Waals surface area contributed by atoms with Crippen molar-refractivity contribution in [2.24, 2.45) is 0 Å². The molecule has 0 aliphatic carbocycles. The summed E-state index contributed by atoms with van der Waals surface area (Å²) in [5.74, 6) is 0. The molecular weight excluding hydrogens is 407 g/mol. The largest absolute Gasteiger partial charge is 0.472 e. The van der Waals surface area contributed by atoms with Crippen LogP contribution in [0.1, 0.15) is 155 Å². The van der Waals surface area contributed by atoms with Crippen molar-refractivity contribution >= 4 is 7.82 Å². The topological polar surface area (TPSA) is 55.8 Å². The Bertz CT molecular complexity index is 390. The van der Waals surface area contributed by atoms with Crippen LogP contribution in [0.4, 0.5) is 0 Å². The number of phosphoric acid groups is 1. The minimum Gasteiger partial charge on any atom is -0.302 e. The van der Waals surface area contributed by atoms with E-state index in [-0.39, 0.29) is 0 Å². The Balaban J connectivity index is 3.20. The zero-order valence-electron chi connectivity index (χ0n) is 21.1. The lowest BCUT2D eigenvalue weighted by Crippen LogP contribution is -1.99. The van der Waals surface area contributed by atoms with Crippen molar-refractivity contribution in [1.29, 1.82) is 0 Å². The summed E-state index contributed by atoms with van der Waals surface area (Å²) in [6.07, 6.45) is 28.2. The molecule has 0 aliphatic heterocycles. The van der Waals surface area contributed by atoms with E-state index in [1.165, 1.54) is 103 Å². The molecule has 0 saturated heterocycles. The van der Waals surface area contributed by atoms with Crippen LogP contribution in [-0.2, 0) is 13.6 Å². The molecule has 1 atom stereocenters. The van der Waals surface area contributed by atoms with Gasteiger partial charge in [0, 0.05) is 0 Å². The number of hydrogen-bond acceptors (Lipinski definition) is 3. The molecule has 4 nitrogen and oxygen atoms in total. The standard InChI is InChI=1S/C26H55O4P/c1-3-5-7-9-10-11-12-13-14-15-16-17-18-19-20-21-22-24-26-30-31(27,28)29-25-23-8-6-4-2/h3-26H2,1-2H3,(H,27,28). The highest BCUT2D eigenvalue weighted by molar-refractivity contribution is 7.47. The second kappa shape index (κ2) is 24.7. The number of rotatable bonds is 26. The molecule has 0 radical (unpaired) electrons. The van der Waals surface area contributed by atoms with Gasteiger partial charge >= 0.3 is 7.82 Å². The molecule has 0 aromatic carbocycles. The van der Waals surface area contributed by atoms with Crippen LogP contribution >= 0.6 is 7.82 Å². The van der Waals surface area contributed by atoms with Crippen molar-refractivity contribution < 1.29 is 18.5 Å². The van der Waals surface area contributed by atoms with Gasteiger partial charge in [-0.1, -0.05) is 142 Å². The first kappa shape index (κ1) is 31.1. The molecule has 1 unspecified atom stereocenters. The van der Waals surface area contributed by atoms with Crippen LogP contribution in [-0.4, -0.2) is 18.1 Å². The second-order valence-corrected chi connectivity index (χ2v) is 10.7. The predicted molar refractivity (Wildman–Crippen MR) is 135 cm³/mol. The Kier molecular flexibility index (Phi) is 24.8. The van der Waals surface area contributed by atoms with Gasteiger partial charge in [0.1, 0.15) is 0 Å². The van der Waals surface area contributed by atoms with Gasteiger partial charge < -0.3 is 4.89 Å². The monoisotopic (exact) mass is 462 g/mol. The highest BCUT2D eigenvalue weighted by Gasteiger charge is 2.19. The summed E-state index contributed by atoms with van der Waals surface area (Å²) in [4.78, 5) is 9.63. The Hall–Kier alpha value is 0.110. The lowest BCUT2D eigenvalue weighted by molar-refractivity contribution is 0.145. The van der Waals surface area contributed by atoms with Gasteiger partial charge in [-0.2, -0.15) is 0 Å². The molecular formula is C26H55O4P. The summed E-state index contributed by atoms with van der Waals surface area (Å²) >= 11 is 0. The maximum Gasteiger partial charge on any atom is 0.472 e. The lowest BCUT2D eigenvalue weighted by atomic mass is 10.0. The van der Waals surface area contributed by atoms with Crippen LogP contribution in [0.3, 0.4) is 0 Å². The van der Waals surface area contributed by atoms with E-state index in [2.05, 4.69) is 13.8 Å². The number of hydrogen-bond donors (Lipinski definition) is 1. The minimum atomic E-state index is -3.83. The molecule has 0 aromatic rings. The van der Waals surface area contributed by atoms with Gasteiger partial charge in [-0.25, -0.2) is 4.57 Å². The molecule has 5 heteroatoms. The summed E-state index contributed by atoms with van der Waals surface area (Å²) in [6, 6.07) is 0. The average molecular weight is 463 g/mol. The molecule has 0 aliphatic rings. The van der Waals surface area contributed by atoms with E-state index < -0.39 is 7.82 Å². The van der Waals surface area contributed by atoms with Gasteiger partial charge in [-0.3, -0.25) is 9.05 Å². The third kappa shape index (κ3) is 26.2. The van der Waals surface area contributed by atoms with E-state index in [9.17, 15) is 9.46 Å². The Morgan fingerprint density at radius 2 is 0.677 bits per heavy atom. The summed E-state index contributed by atoms with van der Waals surface area (Å²) in [5, 5.41) is 0. The third-order valence-electron chi connectivity index (χ3n) is 6.00. The van der Waals surface area contributed by atoms with Gasteiger partial charge in [-0.15, -0.1) is 0 Å². The van der Waals surface area contributed by atoms with Crippen molar-refractivity contribution in [3.63, 3.8) is 0 Å². The Morgan fingerprint density at radius 1 is 0.452 bits per heavy atom. The van der Waals surface area contributed by atoms with Gasteiger partial charge in [0.05, 0.1) is 13.2 Å². The predicted octanol–water partition coefficient (Wildman–Crippen LogP) is 9.74. The minimum absolute atomic E-state index is 0.312. The zero-order valence-corrected chi connectivity index (χ0v) is 22.0. The molecule has 0 heterocycles. The van der Waals surface area contributed by atoms with Crippen LogP contribution in [0.15, 0.2) is 0 Å². The van der Waals surface area contributed by atoms with E-state index >= 15 is 0 Å². The fourth-order valence-corrected chi connectivity index (χ4v) is 4.72. The maximum absolute atomic E-state index is 11.7. The highest BCUT2D eigenvalue weighted by atomic mass is 31.2. The summed E-state index contributed by atoms with van der Waals surface area (Å²) in [5.41, 5.74) is 0. The molecule has 0 fully saturated rings. The van der Waals surface area contributed by atoms with Crippen LogP contribution in [0.5, 0.6) is 0 Å². The molecule has 0 bridgehead atoms. The van der Waals surface area contributed by atoms with E-state index in [0.29, 0.717) is 13.2 Å². The van der Waals surface area contributed by atoms with E-state index in [0.717, 1.165) is 38.5 Å². The van der Waals surface area contributed by atoms with E-state index in [1.807, 2.05) is 0 Å². The normalized spacial score (nSPS) is 13.5. The first-order chi connectivity index (χ1) is 15.1. The van der Waals surface area contributed by atoms with Gasteiger partial charge in [-0.05, 0) is 12.8 Å². The number of unbranched alkanes of at least 4 members (excludes halogenated alkanes) is 20. The second-order valence-electron chi connectivity index (χ2n) is 9.21. The summed E-state index contributed by atoms with van der Waals surface area (Å²) in [7, 11) is -3.83. The number of phosphoric ester groups is 1. The molecule has 0 aromatic heterocycles. The first-order valence-electron chi connectivity index (χ1n) is 13.7. The van der Waals surface area contributed by atoms with Crippen LogP contribution in [0, 0.1) is 0 Å². The maximum atomic E-state index is 11.7. The van der Waals surface area contributed by atoms with Crippen molar-refractivity contribution in [3.05, 3.63) is 0 Å². The van der Waals surface area contributed by atoms with Gasteiger partial charge in [0.15, 0.2) is 0 Å². The van der Waals surface area contributed by atoms with Crippen molar-refractivity contribution in [3.8, 4) is 0 Å². The molecule has 0 spiro atoms. The quantitative estimate of drug-likeness (QED) is 0.103.